The fourth-order valence-electron chi connectivity index (χ4n) is 4.14. The van der Waals surface area contributed by atoms with E-state index < -0.39 is 0 Å². The highest BCUT2D eigenvalue weighted by Gasteiger charge is 2.25. The molecule has 204 valence electrons. The van der Waals surface area contributed by atoms with Crippen molar-refractivity contribution in [2.75, 3.05) is 0 Å². The van der Waals surface area contributed by atoms with Gasteiger partial charge in [0.1, 0.15) is 0 Å². The van der Waals surface area contributed by atoms with Gasteiger partial charge in [0.2, 0.25) is 0 Å². The fraction of sp³-hybridized carbons (Fsp3) is 0.500. The second-order valence-corrected chi connectivity index (χ2v) is 15.1. The summed E-state index contributed by atoms with van der Waals surface area (Å²) in [4.78, 5) is 33.7. The Hall–Kier alpha value is -2.72. The van der Waals surface area contributed by atoms with E-state index in [-0.39, 0.29) is 42.8 Å². The Morgan fingerprint density at radius 1 is 0.737 bits per heavy atom. The lowest BCUT2D eigenvalue weighted by Crippen LogP contribution is -2.27. The van der Waals surface area contributed by atoms with Crippen molar-refractivity contribution in [3.05, 3.63) is 67.8 Å². The van der Waals surface area contributed by atoms with Crippen LogP contribution in [0.3, 0.4) is 0 Å². The van der Waals surface area contributed by atoms with Crippen LogP contribution in [0.4, 0.5) is 11.4 Å². The van der Waals surface area contributed by atoms with E-state index in [4.69, 9.17) is 9.98 Å². The van der Waals surface area contributed by atoms with E-state index in [0.29, 0.717) is 0 Å². The number of hydrogen-bond donors (Lipinski definition) is 0. The Kier molecular flexibility index (Phi) is 9.75. The Morgan fingerprint density at radius 2 is 1.11 bits per heavy atom. The number of rotatable bonds is 8. The van der Waals surface area contributed by atoms with Gasteiger partial charge in [-0.15, -0.1) is 23.5 Å². The molecule has 2 aromatic carbocycles. The van der Waals surface area contributed by atoms with Crippen molar-refractivity contribution in [3.63, 3.8) is 0 Å². The number of nitro groups is 2. The highest BCUT2D eigenvalue weighted by molar-refractivity contribution is 8.01. The molecule has 0 bridgehead atoms. The summed E-state index contributed by atoms with van der Waals surface area (Å²) < 4.78 is -0.116. The summed E-state index contributed by atoms with van der Waals surface area (Å²) in [5.41, 5.74) is 1.54. The van der Waals surface area contributed by atoms with Crippen LogP contribution in [0.1, 0.15) is 78.4 Å². The van der Waals surface area contributed by atoms with Gasteiger partial charge in [-0.3, -0.25) is 30.2 Å². The Labute approximate surface area is 233 Å². The lowest BCUT2D eigenvalue weighted by molar-refractivity contribution is -0.385. The van der Waals surface area contributed by atoms with E-state index in [1.807, 2.05) is 0 Å². The molecule has 1 fully saturated rings. The average molecular weight is 557 g/mol. The molecule has 0 N–H and O–H groups in total. The Bertz CT molecular complexity index is 1140. The van der Waals surface area contributed by atoms with Gasteiger partial charge < -0.3 is 0 Å². The van der Waals surface area contributed by atoms with Crippen LogP contribution in [0.15, 0.2) is 56.2 Å². The number of nitro benzene ring substituents is 2. The predicted octanol–water partition coefficient (Wildman–Crippen LogP) is 8.13. The molecule has 8 nitrogen and oxygen atoms in total. The smallest absolute Gasteiger partial charge is 0.270 e. The number of aliphatic imine (C=N–C) groups is 2. The number of hydrogen-bond acceptors (Lipinski definition) is 8. The minimum absolute atomic E-state index is 0.0393. The Morgan fingerprint density at radius 3 is 1.42 bits per heavy atom. The van der Waals surface area contributed by atoms with Crippen LogP contribution in [0, 0.1) is 20.2 Å². The van der Waals surface area contributed by atoms with E-state index in [0.717, 1.165) is 46.6 Å². The molecule has 0 aromatic heterocycles. The largest absolute Gasteiger partial charge is 0.287 e. The van der Waals surface area contributed by atoms with Crippen molar-refractivity contribution in [2.24, 2.45) is 9.98 Å². The van der Waals surface area contributed by atoms with Gasteiger partial charge in [-0.25, -0.2) is 0 Å². The minimum Gasteiger partial charge on any atom is -0.287 e. The molecular weight excluding hydrogens is 520 g/mol. The molecule has 38 heavy (non-hydrogen) atoms. The topological polar surface area (TPSA) is 111 Å². The zero-order chi connectivity index (χ0) is 28.1. The van der Waals surface area contributed by atoms with Crippen LogP contribution in [0.25, 0.3) is 0 Å². The van der Waals surface area contributed by atoms with Gasteiger partial charge in [0.05, 0.1) is 21.9 Å². The van der Waals surface area contributed by atoms with Crippen LogP contribution >= 0.6 is 23.5 Å². The molecule has 2 aromatic rings. The number of thioether (sulfide) groups is 2. The van der Waals surface area contributed by atoms with Crippen molar-refractivity contribution in [1.29, 1.82) is 0 Å². The van der Waals surface area contributed by atoms with Gasteiger partial charge in [-0.1, -0.05) is 54.4 Å². The normalized spacial score (nSPS) is 18.8. The molecule has 0 heterocycles. The van der Waals surface area contributed by atoms with E-state index in [1.54, 1.807) is 60.2 Å². The summed E-state index contributed by atoms with van der Waals surface area (Å²) in [6.07, 6.45) is 7.33. The minimum atomic E-state index is -0.386. The van der Waals surface area contributed by atoms with Crippen LogP contribution in [0.2, 0.25) is 0 Å². The van der Waals surface area contributed by atoms with E-state index in [9.17, 15) is 20.2 Å². The van der Waals surface area contributed by atoms with Gasteiger partial charge >= 0.3 is 0 Å². The van der Waals surface area contributed by atoms with E-state index >= 15 is 0 Å². The summed E-state index contributed by atoms with van der Waals surface area (Å²) in [6, 6.07) is 9.69. The van der Waals surface area contributed by atoms with Gasteiger partial charge in [-0.2, -0.15) is 0 Å². The van der Waals surface area contributed by atoms with Crippen molar-refractivity contribution in [1.82, 2.24) is 0 Å². The molecule has 0 spiro atoms. The molecular formula is C28H36N4O4S2. The Balaban J connectivity index is 1.91. The number of benzene rings is 2. The SMILES string of the molecule is CC(C)(C)Sc1ccc([N+](=O)[O-])cc1C=N[C@@H]1CCCC[C@H]1N=Cc1cc([N+](=O)[O-])ccc1SC(C)(C)C. The summed E-state index contributed by atoms with van der Waals surface area (Å²) in [5.74, 6) is 0. The van der Waals surface area contributed by atoms with Gasteiger partial charge in [0.25, 0.3) is 11.4 Å². The lowest BCUT2D eigenvalue weighted by atomic mass is 9.91. The number of non-ortho nitro benzene ring substituents is 2. The maximum absolute atomic E-state index is 11.4. The summed E-state index contributed by atoms with van der Waals surface area (Å²) in [6.45, 7) is 12.6. The van der Waals surface area contributed by atoms with E-state index in [2.05, 4.69) is 41.5 Å². The summed E-state index contributed by atoms with van der Waals surface area (Å²) in [5, 5.41) is 22.8. The summed E-state index contributed by atoms with van der Waals surface area (Å²) in [7, 11) is 0. The zero-order valence-electron chi connectivity index (χ0n) is 22.8. The van der Waals surface area contributed by atoms with Crippen LogP contribution in [0.5, 0.6) is 0 Å². The standard InChI is InChI=1S/C28H36N4O4S2/c1-27(2,3)37-25-13-11-21(31(33)34)15-19(25)17-29-23-9-7-8-10-24(23)30-18-20-16-22(32(35)36)12-14-26(20)38-28(4,5)6/h11-18,23-24H,7-10H2,1-6H3/t23-,24-/m1/s1. The second kappa shape index (κ2) is 12.4. The second-order valence-electron chi connectivity index (χ2n) is 11.4. The van der Waals surface area contributed by atoms with Gasteiger partial charge in [0.15, 0.2) is 0 Å². The molecule has 1 aliphatic carbocycles. The summed E-state index contributed by atoms with van der Waals surface area (Å²) >= 11 is 3.30. The highest BCUT2D eigenvalue weighted by Crippen LogP contribution is 2.37. The first kappa shape index (κ1) is 29.8. The maximum atomic E-state index is 11.4. The third kappa shape index (κ3) is 8.94. The van der Waals surface area contributed by atoms with E-state index in [1.165, 1.54) is 12.1 Å². The van der Waals surface area contributed by atoms with Gasteiger partial charge in [0, 0.05) is 67.1 Å². The molecule has 1 saturated carbocycles. The molecule has 0 unspecified atom stereocenters. The maximum Gasteiger partial charge on any atom is 0.270 e. The monoisotopic (exact) mass is 556 g/mol. The molecule has 2 atom stereocenters. The quantitative estimate of drug-likeness (QED) is 0.140. The molecule has 0 radical (unpaired) electrons. The molecule has 1 aliphatic rings. The van der Waals surface area contributed by atoms with Crippen molar-refractivity contribution >= 4 is 47.3 Å². The molecule has 0 amide bonds. The van der Waals surface area contributed by atoms with Crippen molar-refractivity contribution < 1.29 is 9.85 Å². The van der Waals surface area contributed by atoms with Crippen LogP contribution < -0.4 is 0 Å². The first-order chi connectivity index (χ1) is 17.7. The fourth-order valence-corrected chi connectivity index (χ4v) is 6.19. The highest BCUT2D eigenvalue weighted by atomic mass is 32.2. The van der Waals surface area contributed by atoms with Crippen molar-refractivity contribution in [3.8, 4) is 0 Å². The zero-order valence-corrected chi connectivity index (χ0v) is 24.5. The molecule has 10 heteroatoms. The molecule has 0 saturated heterocycles. The van der Waals surface area contributed by atoms with Crippen molar-refractivity contribution in [2.45, 2.75) is 98.6 Å². The molecule has 3 rings (SSSR count). The average Bonchev–Trinajstić information content (AvgIpc) is 2.81. The van der Waals surface area contributed by atoms with Gasteiger partial charge in [-0.05, 0) is 25.0 Å². The number of nitrogens with zero attached hydrogens (tertiary/aromatic N) is 4. The van der Waals surface area contributed by atoms with Crippen LogP contribution in [-0.2, 0) is 0 Å². The first-order valence-corrected chi connectivity index (χ1v) is 14.4. The predicted molar refractivity (Wildman–Crippen MR) is 159 cm³/mol. The van der Waals surface area contributed by atoms with Crippen LogP contribution in [-0.4, -0.2) is 43.9 Å². The molecule has 0 aliphatic heterocycles. The third-order valence-electron chi connectivity index (χ3n) is 5.74. The first-order valence-electron chi connectivity index (χ1n) is 12.7. The third-order valence-corrected chi connectivity index (χ3v) is 8.15. The lowest BCUT2D eigenvalue weighted by Gasteiger charge is -2.26.